The second-order valence-electron chi connectivity index (χ2n) is 11.2. The number of amides is 2. The van der Waals surface area contributed by atoms with E-state index in [4.69, 9.17) is 16.3 Å². The summed E-state index contributed by atoms with van der Waals surface area (Å²) in [4.78, 5) is 29.4. The standard InChI is InChI=1S/C35H38ClN3O5S/c1-26(2)23-37-35(41)33(22-27-11-6-4-7-12-27)38(24-28-13-10-14-29(36)21-28)34(40)25-39(45(3,42)43)30-17-19-32(20-18-30)44-31-15-8-5-9-16-31/h4-21,26,33H,22-25H2,1-3H3,(H,37,41). The van der Waals surface area contributed by atoms with Gasteiger partial charge in [0, 0.05) is 24.5 Å². The molecule has 1 N–H and O–H groups in total. The fraction of sp³-hybridized carbons (Fsp3) is 0.257. The number of rotatable bonds is 14. The highest BCUT2D eigenvalue weighted by atomic mass is 35.5. The third-order valence-corrected chi connectivity index (χ3v) is 8.36. The molecule has 4 rings (SSSR count). The first-order valence-corrected chi connectivity index (χ1v) is 16.9. The van der Waals surface area contributed by atoms with Crippen LogP contribution in [0.4, 0.5) is 5.69 Å². The van der Waals surface area contributed by atoms with Crippen LogP contribution in [0.15, 0.2) is 109 Å². The maximum absolute atomic E-state index is 14.2. The monoisotopic (exact) mass is 647 g/mol. The first-order chi connectivity index (χ1) is 21.5. The molecule has 4 aromatic rings. The lowest BCUT2D eigenvalue weighted by atomic mass is 10.0. The molecule has 45 heavy (non-hydrogen) atoms. The summed E-state index contributed by atoms with van der Waals surface area (Å²) in [5, 5.41) is 3.46. The number of carbonyl (C=O) groups is 2. The fourth-order valence-electron chi connectivity index (χ4n) is 4.73. The lowest BCUT2D eigenvalue weighted by Gasteiger charge is -2.33. The van der Waals surface area contributed by atoms with Crippen LogP contribution in [0.1, 0.15) is 25.0 Å². The molecule has 0 saturated heterocycles. The Morgan fingerprint density at radius 2 is 1.42 bits per heavy atom. The minimum absolute atomic E-state index is 0.0491. The Kier molecular flexibility index (Phi) is 11.6. The summed E-state index contributed by atoms with van der Waals surface area (Å²) in [5.41, 5.74) is 1.86. The number of anilines is 1. The van der Waals surface area contributed by atoms with Crippen molar-refractivity contribution >= 4 is 39.1 Å². The summed E-state index contributed by atoms with van der Waals surface area (Å²) in [6, 6.07) is 31.2. The number of hydrogen-bond acceptors (Lipinski definition) is 5. The summed E-state index contributed by atoms with van der Waals surface area (Å²) in [7, 11) is -3.90. The largest absolute Gasteiger partial charge is 0.457 e. The molecule has 0 radical (unpaired) electrons. The normalized spacial score (nSPS) is 11.9. The second-order valence-corrected chi connectivity index (χ2v) is 13.5. The van der Waals surface area contributed by atoms with Crippen molar-refractivity contribution in [2.75, 3.05) is 23.7 Å². The van der Waals surface area contributed by atoms with Crippen LogP contribution in [-0.2, 0) is 32.6 Å². The van der Waals surface area contributed by atoms with Crippen molar-refractivity contribution in [2.24, 2.45) is 5.92 Å². The summed E-state index contributed by atoms with van der Waals surface area (Å²) >= 11 is 6.27. The second kappa shape index (κ2) is 15.6. The van der Waals surface area contributed by atoms with Crippen molar-refractivity contribution in [3.05, 3.63) is 125 Å². The quantitative estimate of drug-likeness (QED) is 0.173. The van der Waals surface area contributed by atoms with E-state index in [0.717, 1.165) is 16.1 Å². The molecular weight excluding hydrogens is 610 g/mol. The SMILES string of the molecule is CC(C)CNC(=O)C(Cc1ccccc1)N(Cc1cccc(Cl)c1)C(=O)CN(c1ccc(Oc2ccccc2)cc1)S(C)(=O)=O. The number of para-hydroxylation sites is 1. The van der Waals surface area contributed by atoms with Crippen molar-refractivity contribution in [1.29, 1.82) is 0 Å². The molecule has 0 fully saturated rings. The predicted octanol–water partition coefficient (Wildman–Crippen LogP) is 6.31. The van der Waals surface area contributed by atoms with Gasteiger partial charge in [-0.3, -0.25) is 13.9 Å². The molecule has 0 aliphatic heterocycles. The van der Waals surface area contributed by atoms with Gasteiger partial charge in [0.05, 0.1) is 11.9 Å². The predicted molar refractivity (Wildman–Crippen MR) is 179 cm³/mol. The highest BCUT2D eigenvalue weighted by Gasteiger charge is 2.33. The van der Waals surface area contributed by atoms with Gasteiger partial charge in [-0.15, -0.1) is 0 Å². The fourth-order valence-corrected chi connectivity index (χ4v) is 5.79. The molecule has 0 aromatic heterocycles. The summed E-state index contributed by atoms with van der Waals surface area (Å²) in [6.45, 7) is 3.94. The molecule has 0 bridgehead atoms. The maximum atomic E-state index is 14.2. The van der Waals surface area contributed by atoms with Crippen LogP contribution in [-0.4, -0.2) is 50.5 Å². The number of benzene rings is 4. The average Bonchev–Trinajstić information content (AvgIpc) is 3.01. The van der Waals surface area contributed by atoms with Crippen LogP contribution >= 0.6 is 11.6 Å². The Bertz CT molecular complexity index is 1670. The van der Waals surface area contributed by atoms with Crippen LogP contribution in [0.2, 0.25) is 5.02 Å². The van der Waals surface area contributed by atoms with Gasteiger partial charge in [0.1, 0.15) is 24.1 Å². The highest BCUT2D eigenvalue weighted by Crippen LogP contribution is 2.26. The van der Waals surface area contributed by atoms with E-state index >= 15 is 0 Å². The lowest BCUT2D eigenvalue weighted by Crippen LogP contribution is -2.53. The zero-order valence-electron chi connectivity index (χ0n) is 25.6. The van der Waals surface area contributed by atoms with Gasteiger partial charge in [-0.25, -0.2) is 8.42 Å². The van der Waals surface area contributed by atoms with E-state index in [0.29, 0.717) is 28.6 Å². The third kappa shape index (κ3) is 10.1. The van der Waals surface area contributed by atoms with E-state index in [-0.39, 0.29) is 30.5 Å². The molecule has 0 spiro atoms. The number of carbonyl (C=O) groups excluding carboxylic acids is 2. The number of ether oxygens (including phenoxy) is 1. The van der Waals surface area contributed by atoms with E-state index in [1.807, 2.05) is 80.6 Å². The minimum atomic E-state index is -3.90. The molecule has 0 heterocycles. The Morgan fingerprint density at radius 1 is 0.822 bits per heavy atom. The number of sulfonamides is 1. The third-order valence-electron chi connectivity index (χ3n) is 6.98. The smallest absolute Gasteiger partial charge is 0.244 e. The Morgan fingerprint density at radius 3 is 2.02 bits per heavy atom. The van der Waals surface area contributed by atoms with Gasteiger partial charge >= 0.3 is 0 Å². The molecule has 0 aliphatic rings. The first-order valence-electron chi connectivity index (χ1n) is 14.7. The molecule has 236 valence electrons. The van der Waals surface area contributed by atoms with Crippen molar-refractivity contribution in [1.82, 2.24) is 10.2 Å². The summed E-state index contributed by atoms with van der Waals surface area (Å²) in [5.74, 6) is 0.481. The first kappa shape index (κ1) is 33.6. The average molecular weight is 648 g/mol. The van der Waals surface area contributed by atoms with Gasteiger partial charge in [0.2, 0.25) is 21.8 Å². The minimum Gasteiger partial charge on any atom is -0.457 e. The van der Waals surface area contributed by atoms with Crippen LogP contribution in [0.5, 0.6) is 11.5 Å². The Balaban J connectivity index is 1.67. The zero-order chi connectivity index (χ0) is 32.4. The molecular formula is C35H38ClN3O5S. The van der Waals surface area contributed by atoms with Crippen LogP contribution < -0.4 is 14.4 Å². The topological polar surface area (TPSA) is 96.0 Å². The molecule has 8 nitrogen and oxygen atoms in total. The van der Waals surface area contributed by atoms with Crippen molar-refractivity contribution in [3.63, 3.8) is 0 Å². The molecule has 1 unspecified atom stereocenters. The van der Waals surface area contributed by atoms with Crippen LogP contribution in [0, 0.1) is 5.92 Å². The molecule has 10 heteroatoms. The lowest BCUT2D eigenvalue weighted by molar-refractivity contribution is -0.140. The molecule has 2 amide bonds. The van der Waals surface area contributed by atoms with Gasteiger partial charge in [-0.2, -0.15) is 0 Å². The Hall–Kier alpha value is -4.34. The van der Waals surface area contributed by atoms with Crippen molar-refractivity contribution in [2.45, 2.75) is 32.9 Å². The van der Waals surface area contributed by atoms with E-state index in [9.17, 15) is 18.0 Å². The zero-order valence-corrected chi connectivity index (χ0v) is 27.2. The number of nitrogens with zero attached hydrogens (tertiary/aromatic N) is 2. The molecule has 4 aromatic carbocycles. The highest BCUT2D eigenvalue weighted by molar-refractivity contribution is 7.92. The Labute approximate surface area is 270 Å². The number of hydrogen-bond donors (Lipinski definition) is 1. The van der Waals surface area contributed by atoms with Crippen molar-refractivity contribution < 1.29 is 22.7 Å². The van der Waals surface area contributed by atoms with Crippen LogP contribution in [0.25, 0.3) is 0 Å². The van der Waals surface area contributed by atoms with Gasteiger partial charge in [-0.1, -0.05) is 86.1 Å². The number of nitrogens with one attached hydrogen (secondary N) is 1. The van der Waals surface area contributed by atoms with E-state index < -0.39 is 28.5 Å². The van der Waals surface area contributed by atoms with E-state index in [1.165, 1.54) is 4.90 Å². The summed E-state index contributed by atoms with van der Waals surface area (Å²) < 4.78 is 33.0. The van der Waals surface area contributed by atoms with Crippen LogP contribution in [0.3, 0.4) is 0 Å². The van der Waals surface area contributed by atoms with Crippen molar-refractivity contribution in [3.8, 4) is 11.5 Å². The summed E-state index contributed by atoms with van der Waals surface area (Å²) in [6.07, 6.45) is 1.29. The number of halogens is 1. The van der Waals surface area contributed by atoms with E-state index in [2.05, 4.69) is 5.32 Å². The van der Waals surface area contributed by atoms with Gasteiger partial charge in [0.15, 0.2) is 0 Å². The van der Waals surface area contributed by atoms with Gasteiger partial charge < -0.3 is 15.0 Å². The molecule has 0 saturated carbocycles. The van der Waals surface area contributed by atoms with Gasteiger partial charge in [0.25, 0.3) is 0 Å². The maximum Gasteiger partial charge on any atom is 0.244 e. The molecule has 1 atom stereocenters. The van der Waals surface area contributed by atoms with E-state index in [1.54, 1.807) is 42.5 Å². The van der Waals surface area contributed by atoms with Gasteiger partial charge in [-0.05, 0) is 65.6 Å². The molecule has 0 aliphatic carbocycles.